The summed E-state index contributed by atoms with van der Waals surface area (Å²) in [5.41, 5.74) is 0.505. The van der Waals surface area contributed by atoms with Gasteiger partial charge in [-0.25, -0.2) is 0 Å². The Bertz CT molecular complexity index is 733. The number of aromatic nitrogens is 2. The number of rotatable bonds is 1. The molecule has 0 bridgehead atoms. The summed E-state index contributed by atoms with van der Waals surface area (Å²) in [6, 6.07) is 8.27. The Morgan fingerprint density at radius 1 is 1.18 bits per heavy atom. The van der Waals surface area contributed by atoms with Gasteiger partial charge in [0.2, 0.25) is 0 Å². The van der Waals surface area contributed by atoms with Crippen LogP contribution in [-0.4, -0.2) is 23.3 Å². The van der Waals surface area contributed by atoms with E-state index in [0.29, 0.717) is 0 Å². The molecule has 3 rings (SSSR count). The number of pyridine rings is 1. The Morgan fingerprint density at radius 2 is 1.94 bits per heavy atom. The van der Waals surface area contributed by atoms with E-state index in [1.807, 2.05) is 0 Å². The molecular weight excluding hydrogens is 286 g/mol. The summed E-state index contributed by atoms with van der Waals surface area (Å²) in [6.45, 7) is 0. The zero-order valence-electron chi connectivity index (χ0n) is 8.63. The van der Waals surface area contributed by atoms with E-state index in [-0.39, 0.29) is 25.7 Å². The van der Waals surface area contributed by atoms with Crippen molar-refractivity contribution in [3.63, 3.8) is 0 Å². The van der Waals surface area contributed by atoms with Crippen LogP contribution in [0.3, 0.4) is 0 Å². The van der Waals surface area contributed by atoms with Crippen LogP contribution in [0.5, 0.6) is 0 Å². The van der Waals surface area contributed by atoms with Crippen LogP contribution < -0.4 is 5.56 Å². The van der Waals surface area contributed by atoms with E-state index in [2.05, 4.69) is 4.98 Å². The van der Waals surface area contributed by atoms with Crippen molar-refractivity contribution in [1.29, 1.82) is 0 Å². The SMILES string of the molecule is O=c1c2c(F)cccc2[se]n1-c1ccncc1. The fraction of sp³-hybridized carbons (Fsp3) is 0. The zero-order valence-corrected chi connectivity index (χ0v) is 10.3. The first-order valence-corrected chi connectivity index (χ1v) is 6.60. The van der Waals surface area contributed by atoms with Crippen LogP contribution in [-0.2, 0) is 0 Å². The van der Waals surface area contributed by atoms with Gasteiger partial charge in [-0.3, -0.25) is 0 Å². The van der Waals surface area contributed by atoms with E-state index in [1.54, 1.807) is 40.2 Å². The van der Waals surface area contributed by atoms with Crippen molar-refractivity contribution < 1.29 is 4.39 Å². The van der Waals surface area contributed by atoms with E-state index < -0.39 is 5.82 Å². The van der Waals surface area contributed by atoms with Crippen molar-refractivity contribution in [3.8, 4) is 5.69 Å². The summed E-state index contributed by atoms with van der Waals surface area (Å²) >= 11 is -0.199. The standard InChI is InChI=1S/C12H7FN2OSe/c13-9-2-1-3-10-11(9)12(16)15(17-10)8-4-6-14-7-5-8/h1-7H. The van der Waals surface area contributed by atoms with Crippen molar-refractivity contribution in [2.24, 2.45) is 0 Å². The topological polar surface area (TPSA) is 34.9 Å². The maximum absolute atomic E-state index is 13.6. The molecule has 84 valence electrons. The maximum atomic E-state index is 13.6. The molecule has 3 nitrogen and oxygen atoms in total. The molecule has 2 heterocycles. The fourth-order valence-electron chi connectivity index (χ4n) is 1.68. The van der Waals surface area contributed by atoms with Crippen LogP contribution in [0.25, 0.3) is 15.3 Å². The summed E-state index contributed by atoms with van der Waals surface area (Å²) in [6.07, 6.45) is 3.25. The minimum absolute atomic E-state index is 0.199. The van der Waals surface area contributed by atoms with Gasteiger partial charge in [0.05, 0.1) is 0 Å². The molecule has 0 unspecified atom stereocenters. The quantitative estimate of drug-likeness (QED) is 0.639. The van der Waals surface area contributed by atoms with Crippen molar-refractivity contribution in [2.75, 3.05) is 0 Å². The minimum atomic E-state index is -0.439. The summed E-state index contributed by atoms with van der Waals surface area (Å²) in [5, 5.41) is 0.212. The molecule has 0 amide bonds. The Hall–Kier alpha value is -1.71. The molecule has 0 aliphatic rings. The second-order valence-electron chi connectivity index (χ2n) is 3.51. The number of benzene rings is 1. The molecule has 3 aromatic rings. The van der Waals surface area contributed by atoms with Crippen LogP contribution in [0.1, 0.15) is 0 Å². The molecule has 1 aromatic carbocycles. The van der Waals surface area contributed by atoms with Crippen molar-refractivity contribution in [3.05, 3.63) is 58.9 Å². The Labute approximate surface area is 102 Å². The predicted octanol–water partition coefficient (Wildman–Crippen LogP) is 1.58. The Balaban J connectivity index is 2.37. The Morgan fingerprint density at radius 3 is 2.65 bits per heavy atom. The molecule has 0 N–H and O–H groups in total. The second-order valence-corrected chi connectivity index (χ2v) is 5.58. The van der Waals surface area contributed by atoms with Crippen molar-refractivity contribution in [1.82, 2.24) is 8.55 Å². The second kappa shape index (κ2) is 3.95. The average Bonchev–Trinajstić information content (AvgIpc) is 2.69. The summed E-state index contributed by atoms with van der Waals surface area (Å²) in [4.78, 5) is 16.0. The van der Waals surface area contributed by atoms with Crippen molar-refractivity contribution in [2.45, 2.75) is 0 Å². The zero-order chi connectivity index (χ0) is 11.8. The summed E-state index contributed by atoms with van der Waals surface area (Å²) in [5.74, 6) is -0.439. The molecule has 0 fully saturated rings. The molecule has 5 heteroatoms. The molecule has 2 aromatic heterocycles. The van der Waals surface area contributed by atoms with Gasteiger partial charge in [-0.05, 0) is 0 Å². The Kier molecular flexibility index (Phi) is 2.42. The van der Waals surface area contributed by atoms with E-state index in [4.69, 9.17) is 0 Å². The number of halogens is 1. The molecular formula is C12H7FN2OSe. The third kappa shape index (κ3) is 1.64. The molecule has 0 atom stereocenters. The first kappa shape index (κ1) is 10.4. The number of nitrogens with zero attached hydrogens (tertiary/aromatic N) is 2. The van der Waals surface area contributed by atoms with Crippen LogP contribution in [0, 0.1) is 5.82 Å². The third-order valence-electron chi connectivity index (χ3n) is 2.46. The first-order valence-electron chi connectivity index (χ1n) is 4.98. The van der Waals surface area contributed by atoms with E-state index in [9.17, 15) is 9.18 Å². The number of hydrogen-bond acceptors (Lipinski definition) is 2. The first-order chi connectivity index (χ1) is 8.27. The van der Waals surface area contributed by atoms with Crippen molar-refractivity contribution >= 4 is 24.4 Å². The predicted molar refractivity (Wildman–Crippen MR) is 64.2 cm³/mol. The summed E-state index contributed by atoms with van der Waals surface area (Å²) in [7, 11) is 0. The van der Waals surface area contributed by atoms with E-state index in [1.165, 1.54) is 6.07 Å². The molecule has 0 saturated carbocycles. The van der Waals surface area contributed by atoms with Crippen LogP contribution in [0.4, 0.5) is 4.39 Å². The molecule has 0 aliphatic carbocycles. The van der Waals surface area contributed by atoms with Gasteiger partial charge in [-0.1, -0.05) is 0 Å². The van der Waals surface area contributed by atoms with Gasteiger partial charge in [0.15, 0.2) is 0 Å². The molecule has 0 saturated heterocycles. The van der Waals surface area contributed by atoms with Crippen LogP contribution in [0.2, 0.25) is 0 Å². The van der Waals surface area contributed by atoms with Gasteiger partial charge in [-0.2, -0.15) is 0 Å². The van der Waals surface area contributed by atoms with Gasteiger partial charge >= 0.3 is 102 Å². The summed E-state index contributed by atoms with van der Waals surface area (Å²) < 4.78 is 16.0. The van der Waals surface area contributed by atoms with Gasteiger partial charge in [0.1, 0.15) is 0 Å². The molecule has 0 aliphatic heterocycles. The molecule has 17 heavy (non-hydrogen) atoms. The monoisotopic (exact) mass is 294 g/mol. The van der Waals surface area contributed by atoms with Crippen LogP contribution >= 0.6 is 0 Å². The normalized spacial score (nSPS) is 10.9. The van der Waals surface area contributed by atoms with Gasteiger partial charge in [0.25, 0.3) is 0 Å². The number of fused-ring (bicyclic) bond motifs is 1. The molecule has 0 radical (unpaired) electrons. The van der Waals surface area contributed by atoms with Gasteiger partial charge in [-0.15, -0.1) is 0 Å². The van der Waals surface area contributed by atoms with E-state index in [0.717, 1.165) is 9.95 Å². The third-order valence-corrected chi connectivity index (χ3v) is 4.76. The van der Waals surface area contributed by atoms with Gasteiger partial charge < -0.3 is 0 Å². The van der Waals surface area contributed by atoms with Gasteiger partial charge in [0, 0.05) is 0 Å². The van der Waals surface area contributed by atoms with E-state index >= 15 is 0 Å². The fourth-order valence-corrected chi connectivity index (χ4v) is 3.81. The average molecular weight is 293 g/mol. The molecule has 0 spiro atoms. The number of hydrogen-bond donors (Lipinski definition) is 0. The van der Waals surface area contributed by atoms with Crippen LogP contribution in [0.15, 0.2) is 47.5 Å².